The fourth-order valence-corrected chi connectivity index (χ4v) is 4.57. The lowest BCUT2D eigenvalue weighted by Gasteiger charge is -2.30. The van der Waals surface area contributed by atoms with E-state index in [-0.39, 0.29) is 11.8 Å². The third-order valence-corrected chi connectivity index (χ3v) is 6.61. The van der Waals surface area contributed by atoms with Crippen molar-refractivity contribution in [3.05, 3.63) is 112 Å². The number of carbonyl (C=O) groups excluding carboxylic acids is 2. The number of fused-ring (bicyclic) bond motifs is 1. The summed E-state index contributed by atoms with van der Waals surface area (Å²) >= 11 is 6.16. The Morgan fingerprint density at radius 3 is 2.37 bits per heavy atom. The van der Waals surface area contributed by atoms with Gasteiger partial charge in [-0.05, 0) is 55.8 Å². The van der Waals surface area contributed by atoms with Gasteiger partial charge in [0.25, 0.3) is 11.8 Å². The number of nitrogens with zero attached hydrogens (tertiary/aromatic N) is 2. The summed E-state index contributed by atoms with van der Waals surface area (Å²) < 4.78 is 7.05. The highest BCUT2D eigenvalue weighted by Gasteiger charge is 2.35. The minimum absolute atomic E-state index is 0.313. The molecule has 8 nitrogen and oxygen atoms in total. The van der Waals surface area contributed by atoms with E-state index < -0.39 is 6.04 Å². The molecule has 1 aliphatic rings. The first-order valence-corrected chi connectivity index (χ1v) is 12.4. The Morgan fingerprint density at radius 2 is 1.66 bits per heavy atom. The van der Waals surface area contributed by atoms with Gasteiger partial charge in [0.15, 0.2) is 0 Å². The van der Waals surface area contributed by atoms with Crippen LogP contribution in [0.4, 0.5) is 17.2 Å². The van der Waals surface area contributed by atoms with Crippen molar-refractivity contribution in [3.63, 3.8) is 0 Å². The highest BCUT2D eigenvalue weighted by atomic mass is 35.5. The van der Waals surface area contributed by atoms with Crippen LogP contribution >= 0.6 is 11.6 Å². The van der Waals surface area contributed by atoms with Gasteiger partial charge in [-0.1, -0.05) is 53.6 Å². The Balaban J connectivity index is 1.54. The van der Waals surface area contributed by atoms with Crippen molar-refractivity contribution in [1.29, 1.82) is 0 Å². The van der Waals surface area contributed by atoms with Crippen molar-refractivity contribution >= 4 is 40.6 Å². The average Bonchev–Trinajstić information content (AvgIpc) is 3.33. The standard InChI is InChI=1S/C29H26ClN5O3/c1-17-8-14-21(15-9-17)33-28(36)22-16-31-35-26(19-10-12-20(30)13-11-19)25(18(2)32-27(22)35)29(37)34-23-6-4-5-7-24(23)38-3/h4-16,26,32H,1-3H3,(H,33,36)(H,34,37). The van der Waals surface area contributed by atoms with Crippen molar-refractivity contribution in [2.45, 2.75) is 19.9 Å². The summed E-state index contributed by atoms with van der Waals surface area (Å²) in [6, 6.07) is 21.3. The number of aryl methyl sites for hydroxylation is 1. The summed E-state index contributed by atoms with van der Waals surface area (Å²) in [5.74, 6) is 0.389. The second-order valence-corrected chi connectivity index (χ2v) is 9.38. The van der Waals surface area contributed by atoms with Gasteiger partial charge >= 0.3 is 0 Å². The maximum atomic E-state index is 13.7. The van der Waals surface area contributed by atoms with Gasteiger partial charge in [-0.3, -0.25) is 9.59 Å². The van der Waals surface area contributed by atoms with Gasteiger partial charge in [0.05, 0.1) is 24.6 Å². The maximum absolute atomic E-state index is 13.7. The van der Waals surface area contributed by atoms with Gasteiger partial charge in [0.2, 0.25) is 0 Å². The monoisotopic (exact) mass is 527 g/mol. The van der Waals surface area contributed by atoms with Crippen LogP contribution in [0, 0.1) is 6.92 Å². The lowest BCUT2D eigenvalue weighted by atomic mass is 9.94. The van der Waals surface area contributed by atoms with Crippen LogP contribution in [0.1, 0.15) is 34.5 Å². The zero-order valence-electron chi connectivity index (χ0n) is 21.1. The van der Waals surface area contributed by atoms with Crippen molar-refractivity contribution in [2.24, 2.45) is 0 Å². The number of anilines is 3. The lowest BCUT2D eigenvalue weighted by molar-refractivity contribution is -0.113. The Hall–Kier alpha value is -4.56. The summed E-state index contributed by atoms with van der Waals surface area (Å²) in [7, 11) is 1.55. The molecule has 0 saturated heterocycles. The number of para-hydroxylation sites is 2. The summed E-state index contributed by atoms with van der Waals surface area (Å²) in [6.07, 6.45) is 1.50. The number of rotatable bonds is 6. The van der Waals surface area contributed by atoms with E-state index in [0.29, 0.717) is 44.8 Å². The third kappa shape index (κ3) is 4.86. The van der Waals surface area contributed by atoms with E-state index >= 15 is 0 Å². The number of hydrogen-bond acceptors (Lipinski definition) is 5. The van der Waals surface area contributed by atoms with E-state index in [2.05, 4.69) is 21.0 Å². The van der Waals surface area contributed by atoms with Crippen LogP contribution in [0.5, 0.6) is 5.75 Å². The number of hydrogen-bond donors (Lipinski definition) is 3. The van der Waals surface area contributed by atoms with Gasteiger partial charge in [-0.2, -0.15) is 5.10 Å². The Morgan fingerprint density at radius 1 is 0.947 bits per heavy atom. The number of amides is 2. The van der Waals surface area contributed by atoms with E-state index in [1.807, 2.05) is 55.5 Å². The first-order valence-electron chi connectivity index (χ1n) is 12.0. The molecule has 5 rings (SSSR count). The largest absolute Gasteiger partial charge is 0.495 e. The smallest absolute Gasteiger partial charge is 0.261 e. The molecule has 0 saturated carbocycles. The number of aromatic nitrogens is 2. The fourth-order valence-electron chi connectivity index (χ4n) is 4.44. The van der Waals surface area contributed by atoms with Crippen LogP contribution in [0.15, 0.2) is 90.3 Å². The SMILES string of the molecule is COc1ccccc1NC(=O)C1=C(C)Nc2c(C(=O)Nc3ccc(C)cc3)cnn2C1c1ccc(Cl)cc1. The molecule has 0 fully saturated rings. The number of ether oxygens (including phenoxy) is 1. The fraction of sp³-hybridized carbons (Fsp3) is 0.138. The summed E-state index contributed by atoms with van der Waals surface area (Å²) in [6.45, 7) is 3.79. The molecular formula is C29H26ClN5O3. The first-order chi connectivity index (χ1) is 18.4. The van der Waals surface area contributed by atoms with Crippen molar-refractivity contribution in [1.82, 2.24) is 9.78 Å². The minimum Gasteiger partial charge on any atom is -0.495 e. The van der Waals surface area contributed by atoms with Crippen LogP contribution in [0.25, 0.3) is 0 Å². The first kappa shape index (κ1) is 25.1. The second kappa shape index (κ2) is 10.4. The number of benzene rings is 3. The number of allylic oxidation sites excluding steroid dienone is 1. The summed E-state index contributed by atoms with van der Waals surface area (Å²) in [5, 5.41) is 14.2. The molecule has 0 bridgehead atoms. The van der Waals surface area contributed by atoms with Crippen LogP contribution in [-0.2, 0) is 4.79 Å². The second-order valence-electron chi connectivity index (χ2n) is 8.94. The Labute approximate surface area is 225 Å². The quantitative estimate of drug-likeness (QED) is 0.284. The van der Waals surface area contributed by atoms with E-state index in [1.165, 1.54) is 6.20 Å². The molecule has 4 aromatic rings. The minimum atomic E-state index is -0.612. The molecular weight excluding hydrogens is 502 g/mol. The molecule has 3 N–H and O–H groups in total. The zero-order valence-corrected chi connectivity index (χ0v) is 21.8. The average molecular weight is 528 g/mol. The predicted molar refractivity (Wildman–Crippen MR) is 149 cm³/mol. The van der Waals surface area contributed by atoms with Gasteiger partial charge in [-0.25, -0.2) is 4.68 Å². The van der Waals surface area contributed by atoms with Gasteiger partial charge in [0, 0.05) is 16.4 Å². The van der Waals surface area contributed by atoms with Gasteiger partial charge in [0.1, 0.15) is 23.2 Å². The molecule has 3 aromatic carbocycles. The molecule has 1 aliphatic heterocycles. The van der Waals surface area contributed by atoms with E-state index in [0.717, 1.165) is 11.1 Å². The predicted octanol–water partition coefficient (Wildman–Crippen LogP) is 6.03. The van der Waals surface area contributed by atoms with Crippen LogP contribution in [0.2, 0.25) is 5.02 Å². The summed E-state index contributed by atoms with van der Waals surface area (Å²) in [4.78, 5) is 26.9. The van der Waals surface area contributed by atoms with Gasteiger partial charge in [-0.15, -0.1) is 0 Å². The molecule has 2 amide bonds. The van der Waals surface area contributed by atoms with E-state index in [9.17, 15) is 9.59 Å². The zero-order chi connectivity index (χ0) is 26.8. The normalized spacial score (nSPS) is 14.4. The van der Waals surface area contributed by atoms with Crippen LogP contribution in [0.3, 0.4) is 0 Å². The molecule has 38 heavy (non-hydrogen) atoms. The van der Waals surface area contributed by atoms with Crippen molar-refractivity contribution < 1.29 is 14.3 Å². The number of halogens is 1. The molecule has 9 heteroatoms. The highest BCUT2D eigenvalue weighted by Crippen LogP contribution is 2.38. The van der Waals surface area contributed by atoms with Gasteiger partial charge < -0.3 is 20.7 Å². The molecule has 0 aliphatic carbocycles. The topological polar surface area (TPSA) is 97.3 Å². The molecule has 0 radical (unpaired) electrons. The number of carbonyl (C=O) groups is 2. The lowest BCUT2D eigenvalue weighted by Crippen LogP contribution is -2.32. The molecule has 2 heterocycles. The Kier molecular flexibility index (Phi) is 6.89. The Bertz CT molecular complexity index is 1540. The van der Waals surface area contributed by atoms with E-state index in [1.54, 1.807) is 43.0 Å². The van der Waals surface area contributed by atoms with E-state index in [4.69, 9.17) is 16.3 Å². The molecule has 192 valence electrons. The van der Waals surface area contributed by atoms with Crippen molar-refractivity contribution in [2.75, 3.05) is 23.1 Å². The molecule has 0 spiro atoms. The van der Waals surface area contributed by atoms with Crippen molar-refractivity contribution in [3.8, 4) is 5.75 Å². The van der Waals surface area contributed by atoms with Crippen LogP contribution in [-0.4, -0.2) is 28.7 Å². The number of methoxy groups -OCH3 is 1. The highest BCUT2D eigenvalue weighted by molar-refractivity contribution is 6.30. The maximum Gasteiger partial charge on any atom is 0.261 e. The molecule has 1 aromatic heterocycles. The molecule has 1 unspecified atom stereocenters. The third-order valence-electron chi connectivity index (χ3n) is 6.36. The number of nitrogens with one attached hydrogen (secondary N) is 3. The van der Waals surface area contributed by atoms with Crippen LogP contribution < -0.4 is 20.7 Å². The summed E-state index contributed by atoms with van der Waals surface area (Å²) in [5.41, 5.74) is 4.49. The molecule has 1 atom stereocenters.